The van der Waals surface area contributed by atoms with Crippen LogP contribution in [0.5, 0.6) is 11.5 Å². The lowest BCUT2D eigenvalue weighted by atomic mass is 10.2. The number of oxime groups is 1. The Morgan fingerprint density at radius 1 is 1.56 bits per heavy atom. The summed E-state index contributed by atoms with van der Waals surface area (Å²) in [5, 5.41) is 15.7. The van der Waals surface area contributed by atoms with Gasteiger partial charge in [0.1, 0.15) is 5.75 Å². The number of aromatic nitrogens is 2. The molecule has 0 saturated heterocycles. The van der Waals surface area contributed by atoms with Gasteiger partial charge in [0.15, 0.2) is 11.6 Å². The SMILES string of the molecule is Cn1cc(Oc2cc(Br)ccc2/C(N)=N/O)cn1. The molecule has 6 nitrogen and oxygen atoms in total. The predicted octanol–water partition coefficient (Wildman–Crippen LogP) is 2.07. The molecule has 0 radical (unpaired) electrons. The minimum absolute atomic E-state index is 0.0126. The molecule has 1 heterocycles. The van der Waals surface area contributed by atoms with Crippen molar-refractivity contribution in [1.29, 1.82) is 0 Å². The maximum absolute atomic E-state index is 8.73. The van der Waals surface area contributed by atoms with Crippen LogP contribution in [0.2, 0.25) is 0 Å². The molecule has 0 unspecified atom stereocenters. The van der Waals surface area contributed by atoms with Crippen molar-refractivity contribution in [3.63, 3.8) is 0 Å². The normalized spacial score (nSPS) is 11.6. The zero-order valence-corrected chi connectivity index (χ0v) is 11.1. The molecule has 0 fully saturated rings. The summed E-state index contributed by atoms with van der Waals surface area (Å²) >= 11 is 3.34. The first-order chi connectivity index (χ1) is 8.60. The molecular weight excluding hydrogens is 300 g/mol. The van der Waals surface area contributed by atoms with Gasteiger partial charge in [0, 0.05) is 11.5 Å². The highest BCUT2D eigenvalue weighted by atomic mass is 79.9. The fourth-order valence-corrected chi connectivity index (χ4v) is 1.76. The Balaban J connectivity index is 2.39. The Morgan fingerprint density at radius 2 is 2.33 bits per heavy atom. The molecule has 3 N–H and O–H groups in total. The standard InChI is InChI=1S/C11H11BrN4O2/c1-16-6-8(5-14-16)18-10-4-7(12)2-3-9(10)11(13)15-17/h2-6,17H,1H3,(H2,13,15). The number of benzene rings is 1. The monoisotopic (exact) mass is 310 g/mol. The summed E-state index contributed by atoms with van der Waals surface area (Å²) < 4.78 is 8.10. The third-order valence-electron chi connectivity index (χ3n) is 2.24. The fraction of sp³-hybridized carbons (Fsp3) is 0.0909. The van der Waals surface area contributed by atoms with Gasteiger partial charge in [-0.15, -0.1) is 0 Å². The van der Waals surface area contributed by atoms with E-state index in [2.05, 4.69) is 26.2 Å². The van der Waals surface area contributed by atoms with E-state index in [1.54, 1.807) is 42.3 Å². The van der Waals surface area contributed by atoms with Crippen molar-refractivity contribution in [3.8, 4) is 11.5 Å². The lowest BCUT2D eigenvalue weighted by Gasteiger charge is -2.09. The second kappa shape index (κ2) is 5.09. The molecule has 0 aliphatic carbocycles. The first-order valence-corrected chi connectivity index (χ1v) is 5.83. The summed E-state index contributed by atoms with van der Waals surface area (Å²) in [5.41, 5.74) is 6.09. The van der Waals surface area contributed by atoms with E-state index in [0.29, 0.717) is 17.1 Å². The number of aryl methyl sites for hydroxylation is 1. The van der Waals surface area contributed by atoms with E-state index < -0.39 is 0 Å². The molecule has 2 rings (SSSR count). The van der Waals surface area contributed by atoms with Crippen molar-refractivity contribution >= 4 is 21.8 Å². The largest absolute Gasteiger partial charge is 0.453 e. The lowest BCUT2D eigenvalue weighted by Crippen LogP contribution is -2.14. The van der Waals surface area contributed by atoms with Crippen LogP contribution in [0.25, 0.3) is 0 Å². The van der Waals surface area contributed by atoms with Gasteiger partial charge in [-0.25, -0.2) is 0 Å². The van der Waals surface area contributed by atoms with Gasteiger partial charge < -0.3 is 15.7 Å². The molecule has 0 spiro atoms. The van der Waals surface area contributed by atoms with Crippen molar-refractivity contribution in [1.82, 2.24) is 9.78 Å². The van der Waals surface area contributed by atoms with E-state index in [1.807, 2.05) is 0 Å². The Morgan fingerprint density at radius 3 is 2.94 bits per heavy atom. The molecule has 94 valence electrons. The maximum Gasteiger partial charge on any atom is 0.173 e. The van der Waals surface area contributed by atoms with Gasteiger partial charge in [-0.3, -0.25) is 4.68 Å². The van der Waals surface area contributed by atoms with Gasteiger partial charge in [-0.05, 0) is 18.2 Å². The summed E-state index contributed by atoms with van der Waals surface area (Å²) in [6, 6.07) is 5.22. The van der Waals surface area contributed by atoms with Crippen LogP contribution in [0.15, 0.2) is 40.2 Å². The smallest absolute Gasteiger partial charge is 0.173 e. The van der Waals surface area contributed by atoms with E-state index in [-0.39, 0.29) is 5.84 Å². The van der Waals surface area contributed by atoms with E-state index in [0.717, 1.165) is 4.47 Å². The van der Waals surface area contributed by atoms with Crippen LogP contribution in [0.1, 0.15) is 5.56 Å². The molecule has 0 saturated carbocycles. The van der Waals surface area contributed by atoms with E-state index >= 15 is 0 Å². The Kier molecular flexibility index (Phi) is 3.52. The van der Waals surface area contributed by atoms with Crippen LogP contribution in [-0.4, -0.2) is 20.8 Å². The minimum atomic E-state index is -0.0126. The molecule has 0 aliphatic heterocycles. The average molecular weight is 311 g/mol. The molecule has 18 heavy (non-hydrogen) atoms. The van der Waals surface area contributed by atoms with Gasteiger partial charge in [-0.2, -0.15) is 5.10 Å². The molecule has 0 amide bonds. The van der Waals surface area contributed by atoms with Crippen molar-refractivity contribution in [2.45, 2.75) is 0 Å². The van der Waals surface area contributed by atoms with E-state index in [1.165, 1.54) is 0 Å². The third kappa shape index (κ3) is 2.62. The van der Waals surface area contributed by atoms with Crippen molar-refractivity contribution in [2.75, 3.05) is 0 Å². The molecule has 2 aromatic rings. The van der Waals surface area contributed by atoms with Crippen LogP contribution < -0.4 is 10.5 Å². The van der Waals surface area contributed by atoms with Crippen LogP contribution in [-0.2, 0) is 7.05 Å². The van der Waals surface area contributed by atoms with E-state index in [9.17, 15) is 0 Å². The van der Waals surface area contributed by atoms with Gasteiger partial charge >= 0.3 is 0 Å². The second-order valence-electron chi connectivity index (χ2n) is 3.58. The molecule has 0 aliphatic rings. The number of rotatable bonds is 3. The van der Waals surface area contributed by atoms with Crippen molar-refractivity contribution < 1.29 is 9.94 Å². The fourth-order valence-electron chi connectivity index (χ4n) is 1.42. The number of ether oxygens (including phenoxy) is 1. The number of hydrogen-bond acceptors (Lipinski definition) is 4. The maximum atomic E-state index is 8.73. The summed E-state index contributed by atoms with van der Waals surface area (Å²) in [6.45, 7) is 0. The highest BCUT2D eigenvalue weighted by Crippen LogP contribution is 2.28. The first kappa shape index (κ1) is 12.4. The second-order valence-corrected chi connectivity index (χ2v) is 4.49. The van der Waals surface area contributed by atoms with Gasteiger partial charge in [0.2, 0.25) is 0 Å². The summed E-state index contributed by atoms with van der Waals surface area (Å²) in [4.78, 5) is 0. The Bertz CT molecular complexity index is 594. The molecule has 1 aromatic carbocycles. The summed E-state index contributed by atoms with van der Waals surface area (Å²) in [6.07, 6.45) is 3.30. The number of nitrogens with zero attached hydrogens (tertiary/aromatic N) is 3. The van der Waals surface area contributed by atoms with Crippen LogP contribution in [0.3, 0.4) is 0 Å². The number of hydrogen-bond donors (Lipinski definition) is 2. The summed E-state index contributed by atoms with van der Waals surface area (Å²) in [5.74, 6) is 1.04. The average Bonchev–Trinajstić information content (AvgIpc) is 2.74. The molecule has 0 atom stereocenters. The van der Waals surface area contributed by atoms with Crippen LogP contribution in [0, 0.1) is 0 Å². The highest BCUT2D eigenvalue weighted by molar-refractivity contribution is 9.10. The highest BCUT2D eigenvalue weighted by Gasteiger charge is 2.10. The third-order valence-corrected chi connectivity index (χ3v) is 2.73. The van der Waals surface area contributed by atoms with Gasteiger partial charge in [-0.1, -0.05) is 21.1 Å². The quantitative estimate of drug-likeness (QED) is 0.393. The van der Waals surface area contributed by atoms with Crippen LogP contribution in [0.4, 0.5) is 0 Å². The predicted molar refractivity (Wildman–Crippen MR) is 69.9 cm³/mol. The molecule has 1 aromatic heterocycles. The van der Waals surface area contributed by atoms with Crippen LogP contribution >= 0.6 is 15.9 Å². The molecule has 0 bridgehead atoms. The number of halogens is 1. The van der Waals surface area contributed by atoms with Crippen molar-refractivity contribution in [2.24, 2.45) is 17.9 Å². The minimum Gasteiger partial charge on any atom is -0.453 e. The number of nitrogens with two attached hydrogens (primary N) is 1. The summed E-state index contributed by atoms with van der Waals surface area (Å²) in [7, 11) is 1.79. The zero-order chi connectivity index (χ0) is 13.1. The molecular formula is C11H11BrN4O2. The van der Waals surface area contributed by atoms with Gasteiger partial charge in [0.25, 0.3) is 0 Å². The first-order valence-electron chi connectivity index (χ1n) is 5.04. The Labute approximate surface area is 112 Å². The zero-order valence-electron chi connectivity index (χ0n) is 9.54. The number of amidine groups is 1. The van der Waals surface area contributed by atoms with E-state index in [4.69, 9.17) is 15.7 Å². The van der Waals surface area contributed by atoms with Gasteiger partial charge in [0.05, 0.1) is 18.0 Å². The van der Waals surface area contributed by atoms with Crippen molar-refractivity contribution in [3.05, 3.63) is 40.6 Å². The molecule has 7 heteroatoms. The Hall–Kier alpha value is -2.02. The lowest BCUT2D eigenvalue weighted by molar-refractivity contribution is 0.318. The topological polar surface area (TPSA) is 85.7 Å².